The third-order valence-electron chi connectivity index (χ3n) is 3.42. The molecule has 3 nitrogen and oxygen atoms in total. The second kappa shape index (κ2) is 7.48. The molecule has 1 heterocycles. The molecule has 0 atom stereocenters. The smallest absolute Gasteiger partial charge is 0.132 e. The summed E-state index contributed by atoms with van der Waals surface area (Å²) in [5, 5.41) is 5.43. The number of aromatic nitrogens is 2. The first-order valence-corrected chi connectivity index (χ1v) is 8.20. The highest BCUT2D eigenvalue weighted by molar-refractivity contribution is 9.08. The second-order valence-corrected chi connectivity index (χ2v) is 5.39. The van der Waals surface area contributed by atoms with E-state index in [4.69, 9.17) is 4.74 Å². The van der Waals surface area contributed by atoms with Crippen molar-refractivity contribution in [1.82, 2.24) is 9.78 Å². The van der Waals surface area contributed by atoms with Crippen LogP contribution in [0.4, 0.5) is 0 Å². The maximum atomic E-state index is 5.80. The fraction of sp³-hybridized carbons (Fsp3) is 0.438. The van der Waals surface area contributed by atoms with Crippen LogP contribution in [-0.2, 0) is 11.9 Å². The molecule has 0 bridgehead atoms. The van der Waals surface area contributed by atoms with Gasteiger partial charge in [0.25, 0.3) is 0 Å². The lowest BCUT2D eigenvalue weighted by molar-refractivity contribution is 0.297. The van der Waals surface area contributed by atoms with Gasteiger partial charge in [0, 0.05) is 11.5 Å². The molecule has 0 aliphatic rings. The molecule has 0 saturated heterocycles. The monoisotopic (exact) mass is 336 g/mol. The number of benzene rings is 1. The third-order valence-corrected chi connectivity index (χ3v) is 4.07. The van der Waals surface area contributed by atoms with Crippen LogP contribution in [0, 0.1) is 0 Å². The standard InChI is InChI=1S/C16H21BrN2O/c1-3-15(4-2)19-9-8-14(18-19)12-20-16-7-5-6-13(10-16)11-17/h5-10,15H,3-4,11-12H2,1-2H3. The normalized spacial score (nSPS) is 11.0. The van der Waals surface area contributed by atoms with Crippen LogP contribution in [0.1, 0.15) is 44.0 Å². The Hall–Kier alpha value is -1.29. The van der Waals surface area contributed by atoms with Gasteiger partial charge in [0.1, 0.15) is 12.4 Å². The number of nitrogens with zero attached hydrogens (tertiary/aromatic N) is 2. The summed E-state index contributed by atoms with van der Waals surface area (Å²) in [6.45, 7) is 4.90. The van der Waals surface area contributed by atoms with Gasteiger partial charge in [-0.25, -0.2) is 0 Å². The maximum Gasteiger partial charge on any atom is 0.132 e. The van der Waals surface area contributed by atoms with Gasteiger partial charge in [0.05, 0.1) is 11.7 Å². The minimum Gasteiger partial charge on any atom is -0.487 e. The Labute approximate surface area is 129 Å². The molecule has 4 heteroatoms. The molecule has 0 N–H and O–H groups in total. The Morgan fingerprint density at radius 1 is 1.25 bits per heavy atom. The number of rotatable bonds is 7. The van der Waals surface area contributed by atoms with Gasteiger partial charge in [-0.2, -0.15) is 5.10 Å². The Kier molecular flexibility index (Phi) is 5.65. The van der Waals surface area contributed by atoms with Crippen LogP contribution in [-0.4, -0.2) is 9.78 Å². The fourth-order valence-corrected chi connectivity index (χ4v) is 2.54. The van der Waals surface area contributed by atoms with E-state index in [0.717, 1.165) is 29.6 Å². The first-order valence-electron chi connectivity index (χ1n) is 7.08. The van der Waals surface area contributed by atoms with Crippen molar-refractivity contribution >= 4 is 15.9 Å². The average Bonchev–Trinajstić information content (AvgIpc) is 2.95. The second-order valence-electron chi connectivity index (χ2n) is 4.83. The van der Waals surface area contributed by atoms with Gasteiger partial charge in [0.15, 0.2) is 0 Å². The summed E-state index contributed by atoms with van der Waals surface area (Å²) < 4.78 is 7.85. The highest BCUT2D eigenvalue weighted by Crippen LogP contribution is 2.18. The molecule has 20 heavy (non-hydrogen) atoms. The van der Waals surface area contributed by atoms with Crippen molar-refractivity contribution in [2.75, 3.05) is 0 Å². The SMILES string of the molecule is CCC(CC)n1ccc(COc2cccc(CBr)c2)n1. The van der Waals surface area contributed by atoms with E-state index in [1.807, 2.05) is 35.1 Å². The number of hydrogen-bond donors (Lipinski definition) is 0. The Morgan fingerprint density at radius 2 is 2.05 bits per heavy atom. The van der Waals surface area contributed by atoms with Crippen molar-refractivity contribution in [3.8, 4) is 5.75 Å². The summed E-state index contributed by atoms with van der Waals surface area (Å²) in [7, 11) is 0. The number of ether oxygens (including phenoxy) is 1. The van der Waals surface area contributed by atoms with Crippen LogP contribution in [0.15, 0.2) is 36.5 Å². The fourth-order valence-electron chi connectivity index (χ4n) is 2.20. The minimum absolute atomic E-state index is 0.487. The van der Waals surface area contributed by atoms with Gasteiger partial charge < -0.3 is 4.74 Å². The van der Waals surface area contributed by atoms with Crippen molar-refractivity contribution in [3.63, 3.8) is 0 Å². The summed E-state index contributed by atoms with van der Waals surface area (Å²) in [5.74, 6) is 0.888. The van der Waals surface area contributed by atoms with E-state index in [2.05, 4.69) is 40.9 Å². The Balaban J connectivity index is 1.97. The lowest BCUT2D eigenvalue weighted by Gasteiger charge is -2.12. The lowest BCUT2D eigenvalue weighted by atomic mass is 10.2. The van der Waals surface area contributed by atoms with Crippen molar-refractivity contribution in [3.05, 3.63) is 47.8 Å². The van der Waals surface area contributed by atoms with Crippen molar-refractivity contribution < 1.29 is 4.74 Å². The van der Waals surface area contributed by atoms with Crippen molar-refractivity contribution in [2.24, 2.45) is 0 Å². The zero-order valence-corrected chi connectivity index (χ0v) is 13.6. The topological polar surface area (TPSA) is 27.1 Å². The molecule has 2 aromatic rings. The van der Waals surface area contributed by atoms with Crippen molar-refractivity contribution in [1.29, 1.82) is 0 Å². The maximum absolute atomic E-state index is 5.80. The number of halogens is 1. The van der Waals surface area contributed by atoms with E-state index in [9.17, 15) is 0 Å². The quantitative estimate of drug-likeness (QED) is 0.684. The van der Waals surface area contributed by atoms with E-state index in [0.29, 0.717) is 12.6 Å². The Morgan fingerprint density at radius 3 is 2.75 bits per heavy atom. The zero-order valence-electron chi connectivity index (χ0n) is 12.1. The van der Waals surface area contributed by atoms with Crippen LogP contribution in [0.3, 0.4) is 0 Å². The van der Waals surface area contributed by atoms with Crippen LogP contribution in [0.2, 0.25) is 0 Å². The molecule has 0 aliphatic heterocycles. The largest absolute Gasteiger partial charge is 0.487 e. The van der Waals surface area contributed by atoms with Gasteiger partial charge >= 0.3 is 0 Å². The van der Waals surface area contributed by atoms with E-state index in [1.165, 1.54) is 5.56 Å². The summed E-state index contributed by atoms with van der Waals surface area (Å²) >= 11 is 3.45. The molecule has 2 rings (SSSR count). The Bertz CT molecular complexity index is 535. The molecular formula is C16H21BrN2O. The molecule has 0 aliphatic carbocycles. The predicted octanol–water partition coefficient (Wildman–Crippen LogP) is 4.72. The lowest BCUT2D eigenvalue weighted by Crippen LogP contribution is -2.08. The first kappa shape index (κ1) is 15.1. The highest BCUT2D eigenvalue weighted by Gasteiger charge is 2.08. The summed E-state index contributed by atoms with van der Waals surface area (Å²) in [6.07, 6.45) is 4.25. The molecule has 0 saturated carbocycles. The van der Waals surface area contributed by atoms with Gasteiger partial charge in [-0.3, -0.25) is 4.68 Å². The molecule has 0 radical (unpaired) electrons. The summed E-state index contributed by atoms with van der Waals surface area (Å²) in [5.41, 5.74) is 2.19. The predicted molar refractivity (Wildman–Crippen MR) is 85.3 cm³/mol. The van der Waals surface area contributed by atoms with Crippen LogP contribution in [0.5, 0.6) is 5.75 Å². The molecule has 0 amide bonds. The molecule has 0 fully saturated rings. The third kappa shape index (κ3) is 3.85. The molecule has 1 aromatic carbocycles. The van der Waals surface area contributed by atoms with Crippen LogP contribution in [0.25, 0.3) is 0 Å². The van der Waals surface area contributed by atoms with Gasteiger partial charge in [-0.05, 0) is 36.6 Å². The molecule has 108 valence electrons. The van der Waals surface area contributed by atoms with Crippen molar-refractivity contribution in [2.45, 2.75) is 44.7 Å². The van der Waals surface area contributed by atoms with E-state index in [1.54, 1.807) is 0 Å². The van der Waals surface area contributed by atoms with Crippen LogP contribution >= 0.6 is 15.9 Å². The molecular weight excluding hydrogens is 316 g/mol. The van der Waals surface area contributed by atoms with E-state index in [-0.39, 0.29) is 0 Å². The molecule has 0 unspecified atom stereocenters. The summed E-state index contributed by atoms with van der Waals surface area (Å²) in [6, 6.07) is 10.6. The number of alkyl halides is 1. The minimum atomic E-state index is 0.487. The zero-order chi connectivity index (χ0) is 14.4. The summed E-state index contributed by atoms with van der Waals surface area (Å²) in [4.78, 5) is 0. The van der Waals surface area contributed by atoms with Gasteiger partial charge in [-0.15, -0.1) is 0 Å². The van der Waals surface area contributed by atoms with E-state index >= 15 is 0 Å². The first-order chi connectivity index (χ1) is 9.76. The van der Waals surface area contributed by atoms with Gasteiger partial charge in [0.2, 0.25) is 0 Å². The molecule has 0 spiro atoms. The average molecular weight is 337 g/mol. The highest BCUT2D eigenvalue weighted by atomic mass is 79.9. The van der Waals surface area contributed by atoms with Gasteiger partial charge in [-0.1, -0.05) is 41.9 Å². The number of hydrogen-bond acceptors (Lipinski definition) is 2. The van der Waals surface area contributed by atoms with E-state index < -0.39 is 0 Å². The van der Waals surface area contributed by atoms with Crippen LogP contribution < -0.4 is 4.74 Å². The molecule has 1 aromatic heterocycles.